The zero-order chi connectivity index (χ0) is 87.3. The largest absolute Gasteiger partial charge is 0.508 e. The van der Waals surface area contributed by atoms with Crippen molar-refractivity contribution in [3.63, 3.8) is 0 Å². The number of likely N-dealkylation sites (N-methyl/N-ethyl adjacent to an activating group) is 5. The van der Waals surface area contributed by atoms with Gasteiger partial charge in [-0.2, -0.15) is 0 Å². The van der Waals surface area contributed by atoms with Crippen LogP contribution in [-0.2, 0) is 64.2 Å². The minimum absolute atomic E-state index is 0.0404. The fourth-order valence-electron chi connectivity index (χ4n) is 20.8. The number of rotatable bonds is 12. The molecule has 5 aliphatic heterocycles. The van der Waals surface area contributed by atoms with Gasteiger partial charge in [0, 0.05) is 90.8 Å². The molecule has 10 aromatic rings. The van der Waals surface area contributed by atoms with E-state index < -0.39 is 0 Å². The normalized spacial score (nSPS) is 18.7. The lowest BCUT2D eigenvalue weighted by atomic mass is 9.76. The Labute approximate surface area is 718 Å². The average Bonchev–Trinajstić information content (AvgIpc) is 0.749. The molecule has 0 fully saturated rings. The van der Waals surface area contributed by atoms with E-state index in [1.165, 1.54) is 44.5 Å². The van der Waals surface area contributed by atoms with Crippen molar-refractivity contribution < 1.29 is 94.1 Å². The molecule has 5 unspecified atom stereocenters. The van der Waals surface area contributed by atoms with Gasteiger partial charge >= 0.3 is 0 Å². The zero-order valence-corrected chi connectivity index (χ0v) is 72.8. The van der Waals surface area contributed by atoms with Gasteiger partial charge in [0.25, 0.3) is 0 Å². The summed E-state index contributed by atoms with van der Waals surface area (Å²) in [7, 11) is 16.9. The van der Waals surface area contributed by atoms with Gasteiger partial charge in [0.15, 0.2) is 103 Å². The molecule has 10 aromatic carbocycles. The van der Waals surface area contributed by atoms with Gasteiger partial charge in [-0.1, -0.05) is 0 Å². The summed E-state index contributed by atoms with van der Waals surface area (Å²) in [4.78, 5) is 11.6. The number of phenols is 11. The van der Waals surface area contributed by atoms with Gasteiger partial charge in [0.05, 0.1) is 54.4 Å². The first kappa shape index (κ1) is 84.8. The van der Waals surface area contributed by atoms with Crippen LogP contribution < -0.4 is 37.9 Å². The molecule has 0 saturated heterocycles. The molecule has 20 rings (SSSR count). The summed E-state index contributed by atoms with van der Waals surface area (Å²) in [5.74, 6) is 5.26. The lowest BCUT2D eigenvalue weighted by molar-refractivity contribution is 0.224. The Kier molecular flexibility index (Phi) is 23.3. The molecule has 123 heavy (non-hydrogen) atoms. The summed E-state index contributed by atoms with van der Waals surface area (Å²) in [6, 6.07) is 28.5. The highest BCUT2D eigenvalue weighted by molar-refractivity contribution is 5.90. The molecule has 0 bridgehead atoms. The van der Waals surface area contributed by atoms with Gasteiger partial charge in [-0.15, -0.1) is 0 Å². The van der Waals surface area contributed by atoms with E-state index in [1.807, 2.05) is 96.1 Å². The van der Waals surface area contributed by atoms with Crippen LogP contribution in [0.1, 0.15) is 154 Å². The van der Waals surface area contributed by atoms with E-state index in [4.69, 9.17) is 37.9 Å². The Bertz CT molecular complexity index is 5510. The van der Waals surface area contributed by atoms with Gasteiger partial charge in [0.2, 0.25) is 0 Å². The van der Waals surface area contributed by atoms with Crippen LogP contribution >= 0.6 is 0 Å². The minimum atomic E-state index is -0.0596. The van der Waals surface area contributed by atoms with Crippen molar-refractivity contribution in [2.45, 2.75) is 142 Å². The highest BCUT2D eigenvalue weighted by Gasteiger charge is 2.43. The molecule has 648 valence electrons. The van der Waals surface area contributed by atoms with Crippen LogP contribution in [-0.4, -0.2) is 203 Å². The molecule has 24 nitrogen and oxygen atoms in total. The minimum Gasteiger partial charge on any atom is -0.508 e. The Morgan fingerprint density at radius 1 is 0.293 bits per heavy atom. The van der Waals surface area contributed by atoms with Crippen LogP contribution in [0.2, 0.25) is 0 Å². The Hall–Kier alpha value is -11.8. The third kappa shape index (κ3) is 14.9. The van der Waals surface area contributed by atoms with Crippen LogP contribution in [0.3, 0.4) is 0 Å². The summed E-state index contributed by atoms with van der Waals surface area (Å²) in [5.41, 5.74) is 27.0. The van der Waals surface area contributed by atoms with Gasteiger partial charge in [-0.25, -0.2) is 0 Å². The number of methoxy groups -OCH3 is 4. The van der Waals surface area contributed by atoms with E-state index in [-0.39, 0.29) is 99.6 Å². The third-order valence-electron chi connectivity index (χ3n) is 26.6. The van der Waals surface area contributed by atoms with Crippen LogP contribution in [0.4, 0.5) is 0 Å². The summed E-state index contributed by atoms with van der Waals surface area (Å²) >= 11 is 0. The zero-order valence-electron chi connectivity index (χ0n) is 72.8. The van der Waals surface area contributed by atoms with E-state index in [1.54, 1.807) is 64.8 Å². The molecule has 5 aliphatic carbocycles. The number of phenolic OH excluding ortho intramolecular Hbond substituents is 11. The van der Waals surface area contributed by atoms with E-state index >= 15 is 0 Å². The molecule has 0 radical (unpaired) electrons. The lowest BCUT2D eigenvalue weighted by Gasteiger charge is -2.40. The highest BCUT2D eigenvalue weighted by Crippen LogP contribution is 2.60. The van der Waals surface area contributed by atoms with Crippen molar-refractivity contribution in [1.29, 1.82) is 0 Å². The number of benzene rings is 10. The molecule has 24 heteroatoms. The second kappa shape index (κ2) is 33.8. The van der Waals surface area contributed by atoms with Gasteiger partial charge in [0.1, 0.15) is 5.75 Å². The number of hydrogen-bond donors (Lipinski definition) is 11. The Balaban J connectivity index is 0.000000114. The predicted molar refractivity (Wildman–Crippen MR) is 472 cm³/mol. The highest BCUT2D eigenvalue weighted by atomic mass is 16.5. The monoisotopic (exact) mass is 1680 g/mol. The fraction of sp³-hybridized carbons (Fsp3) is 0.394. The molecular weight excluding hydrogens is 1560 g/mol. The molecule has 0 amide bonds. The smallest absolute Gasteiger partial charge is 0.168 e. The summed E-state index contributed by atoms with van der Waals surface area (Å²) < 4.78 is 44.8. The second-order valence-corrected chi connectivity index (χ2v) is 34.1. The van der Waals surface area contributed by atoms with Crippen LogP contribution in [0.15, 0.2) is 91.0 Å². The van der Waals surface area contributed by atoms with E-state index in [0.717, 1.165) is 197 Å². The topological polar surface area (TPSA) is 313 Å². The molecule has 5 heterocycles. The molecule has 11 N–H and O–H groups in total. The molecular formula is C99H113N5O19. The van der Waals surface area contributed by atoms with Crippen molar-refractivity contribution in [2.24, 2.45) is 0 Å². The van der Waals surface area contributed by atoms with Gasteiger partial charge in [-0.05, 0) is 349 Å². The predicted octanol–water partition coefficient (Wildman–Crippen LogP) is 16.3. The number of ether oxygens (including phenoxy) is 8. The average molecular weight is 1680 g/mol. The maximum atomic E-state index is 10.5. The number of hydrogen-bond acceptors (Lipinski definition) is 24. The summed E-state index contributed by atoms with van der Waals surface area (Å²) in [5, 5.41) is 114. The third-order valence-corrected chi connectivity index (χ3v) is 26.6. The molecule has 0 spiro atoms. The Morgan fingerprint density at radius 3 is 0.780 bits per heavy atom. The molecule has 0 aromatic heterocycles. The number of aryl methyl sites for hydroxylation is 1. The van der Waals surface area contributed by atoms with Crippen LogP contribution in [0.25, 0.3) is 55.6 Å². The van der Waals surface area contributed by atoms with Crippen LogP contribution in [0, 0.1) is 6.92 Å². The van der Waals surface area contributed by atoms with Crippen molar-refractivity contribution in [1.82, 2.24) is 24.5 Å². The molecule has 5 atom stereocenters. The van der Waals surface area contributed by atoms with Crippen molar-refractivity contribution in [3.8, 4) is 165 Å². The first-order valence-corrected chi connectivity index (χ1v) is 42.6. The SMILES string of the molecule is CCOc1cc2c(cc1O)CC1c3c(cc(O)c(OC)c3-2)CCN1C.CCOc1cc2c(cc1O)CC1c3c(cc(O)c(OC)c3-2)CCN1C.CCOc1cc2c(cc1O)CC1c3c(cc(O)c(OC)c3-2)CCN1C.COc1c(O)cc2c3c1-c1cc(OC(C)C)c(O)cc1CC3N(C)CC2.Cc1cc2c(cc1O)CC1c3c(cc(O)c(O)c3-2)CCN1C. The lowest BCUT2D eigenvalue weighted by Crippen LogP contribution is -2.35. The van der Waals surface area contributed by atoms with E-state index in [0.29, 0.717) is 65.8 Å². The van der Waals surface area contributed by atoms with Gasteiger partial charge < -0.3 is 94.1 Å². The molecule has 0 saturated carbocycles. The van der Waals surface area contributed by atoms with E-state index in [9.17, 15) is 56.2 Å². The van der Waals surface area contributed by atoms with Crippen molar-refractivity contribution >= 4 is 0 Å². The summed E-state index contributed by atoms with van der Waals surface area (Å²) in [6.07, 6.45) is 8.51. The first-order chi connectivity index (χ1) is 59.0. The Morgan fingerprint density at radius 2 is 0.520 bits per heavy atom. The second-order valence-electron chi connectivity index (χ2n) is 34.1. The quantitative estimate of drug-likeness (QED) is 0.0506. The number of nitrogens with zero attached hydrogens (tertiary/aromatic N) is 5. The van der Waals surface area contributed by atoms with Crippen molar-refractivity contribution in [3.05, 3.63) is 180 Å². The fourth-order valence-corrected chi connectivity index (χ4v) is 20.8. The number of aromatic hydroxyl groups is 11. The molecule has 10 aliphatic rings. The van der Waals surface area contributed by atoms with Crippen LogP contribution in [0.5, 0.6) is 109 Å². The van der Waals surface area contributed by atoms with Crippen molar-refractivity contribution in [2.75, 3.05) is 116 Å². The summed E-state index contributed by atoms with van der Waals surface area (Å²) in [6.45, 7) is 17.5. The maximum Gasteiger partial charge on any atom is 0.168 e. The van der Waals surface area contributed by atoms with Gasteiger partial charge in [-0.3, -0.25) is 24.5 Å². The maximum absolute atomic E-state index is 10.5. The standard InChI is InChI=1S/C21H25NO4.3C20H23NO4.C18H19NO3/c1-11(2)26-18-10-14-13(9-16(18)23)7-15-19-12(5-6-22(15)3)8-17(24)21(25-4)20(14)19;3*1-4-25-17-10-13-12(9-15(17)22)7-14-18-11(5-6-21(14)2)8-16(23)20(24-3)19(13)18;1-9-5-12-11(8-14(9)20)6-13-16-10(3-4-19(13)2)7-15(21)18(22)17(12)16/h8-11,15,23-24H,5-7H2,1-4H3;3*8-10,14,22-23H,4-7H2,1-3H3;5,7-8,13,20-22H,3-4,6H2,1-2H3. The van der Waals surface area contributed by atoms with E-state index in [2.05, 4.69) is 59.7 Å². The number of fused-ring (bicyclic) bond motifs is 10. The first-order valence-electron chi connectivity index (χ1n) is 42.6.